The number of nitrogens with zero attached hydrogens (tertiary/aromatic N) is 4. The summed E-state index contributed by atoms with van der Waals surface area (Å²) in [5.74, 6) is -0.381. The Morgan fingerprint density at radius 1 is 1.24 bits per heavy atom. The van der Waals surface area contributed by atoms with Gasteiger partial charge in [0.2, 0.25) is 0 Å². The first-order valence-electron chi connectivity index (χ1n) is 9.47. The van der Waals surface area contributed by atoms with Gasteiger partial charge in [-0.25, -0.2) is 4.68 Å². The van der Waals surface area contributed by atoms with Crippen LogP contribution in [0.4, 0.5) is 5.69 Å². The van der Waals surface area contributed by atoms with Crippen molar-refractivity contribution >= 4 is 24.0 Å². The summed E-state index contributed by atoms with van der Waals surface area (Å²) in [6.45, 7) is 3.68. The van der Waals surface area contributed by atoms with E-state index in [9.17, 15) is 9.59 Å². The molecule has 1 aliphatic heterocycles. The normalized spacial score (nSPS) is 16.3. The van der Waals surface area contributed by atoms with Gasteiger partial charge in [0.05, 0.1) is 17.4 Å². The average molecular weight is 417 g/mol. The molecule has 29 heavy (non-hydrogen) atoms. The van der Waals surface area contributed by atoms with Gasteiger partial charge in [0, 0.05) is 19.8 Å². The van der Waals surface area contributed by atoms with Gasteiger partial charge in [-0.1, -0.05) is 18.2 Å². The number of halogens is 1. The van der Waals surface area contributed by atoms with Gasteiger partial charge in [-0.15, -0.1) is 12.4 Å². The zero-order valence-electron chi connectivity index (χ0n) is 16.5. The number of hydrogen-bond donors (Lipinski definition) is 2. The van der Waals surface area contributed by atoms with Crippen LogP contribution in [0.2, 0.25) is 0 Å². The van der Waals surface area contributed by atoms with Gasteiger partial charge in [-0.2, -0.15) is 5.10 Å². The van der Waals surface area contributed by atoms with E-state index in [2.05, 4.69) is 15.7 Å². The second-order valence-corrected chi connectivity index (χ2v) is 7.07. The number of para-hydroxylation sites is 1. The molecule has 8 nitrogen and oxygen atoms in total. The first kappa shape index (κ1) is 20.9. The van der Waals surface area contributed by atoms with Crippen LogP contribution in [0.25, 0.3) is 5.69 Å². The van der Waals surface area contributed by atoms with Crippen molar-refractivity contribution in [1.82, 2.24) is 24.5 Å². The van der Waals surface area contributed by atoms with Gasteiger partial charge in [-0.05, 0) is 44.5 Å². The summed E-state index contributed by atoms with van der Waals surface area (Å²) in [4.78, 5) is 25.6. The maximum Gasteiger partial charge on any atom is 0.295 e. The molecule has 1 aliphatic rings. The molecule has 0 bridgehead atoms. The first-order chi connectivity index (χ1) is 13.6. The predicted molar refractivity (Wildman–Crippen MR) is 114 cm³/mol. The fraction of sp³-hybridized carbons (Fsp3) is 0.350. The van der Waals surface area contributed by atoms with Crippen LogP contribution in [0.15, 0.2) is 47.4 Å². The van der Waals surface area contributed by atoms with Crippen molar-refractivity contribution in [2.45, 2.75) is 25.8 Å². The lowest BCUT2D eigenvalue weighted by atomic mass is 10.1. The van der Waals surface area contributed by atoms with Crippen molar-refractivity contribution in [1.29, 1.82) is 0 Å². The van der Waals surface area contributed by atoms with Crippen LogP contribution >= 0.6 is 12.4 Å². The van der Waals surface area contributed by atoms with Crippen molar-refractivity contribution in [2.75, 3.05) is 18.4 Å². The Morgan fingerprint density at radius 2 is 2.00 bits per heavy atom. The molecule has 0 aliphatic carbocycles. The molecule has 1 fully saturated rings. The molecule has 0 radical (unpaired) electrons. The lowest BCUT2D eigenvalue weighted by Gasteiger charge is -2.22. The first-order valence-corrected chi connectivity index (χ1v) is 9.47. The Hall–Kier alpha value is -2.84. The Balaban J connectivity index is 0.00000240. The van der Waals surface area contributed by atoms with Gasteiger partial charge in [0.25, 0.3) is 11.5 Å². The number of hydrogen-bond acceptors (Lipinski definition) is 4. The Kier molecular flexibility index (Phi) is 6.24. The highest BCUT2D eigenvalue weighted by Gasteiger charge is 2.21. The third-order valence-corrected chi connectivity index (χ3v) is 5.28. The van der Waals surface area contributed by atoms with E-state index in [0.717, 1.165) is 31.6 Å². The molecule has 4 rings (SSSR count). The zero-order valence-corrected chi connectivity index (χ0v) is 17.3. The number of piperidine rings is 1. The lowest BCUT2D eigenvalue weighted by molar-refractivity contribution is 0.102. The third kappa shape index (κ3) is 3.99. The number of carbonyl (C=O) groups excluding carboxylic acids is 1. The number of rotatable bonds is 4. The van der Waals surface area contributed by atoms with E-state index in [1.54, 1.807) is 17.8 Å². The van der Waals surface area contributed by atoms with Crippen molar-refractivity contribution < 1.29 is 4.79 Å². The van der Waals surface area contributed by atoms with Crippen molar-refractivity contribution in [3.63, 3.8) is 0 Å². The van der Waals surface area contributed by atoms with Crippen LogP contribution < -0.4 is 16.2 Å². The molecule has 1 aromatic carbocycles. The summed E-state index contributed by atoms with van der Waals surface area (Å²) in [5, 5.41) is 10.5. The minimum atomic E-state index is -0.381. The number of carbonyl (C=O) groups is 1. The average Bonchev–Trinajstić information content (AvgIpc) is 3.30. The van der Waals surface area contributed by atoms with Gasteiger partial charge in [-0.3, -0.25) is 19.0 Å². The number of nitrogens with one attached hydrogen (secondary N) is 2. The quantitative estimate of drug-likeness (QED) is 0.683. The highest BCUT2D eigenvalue weighted by Crippen LogP contribution is 2.17. The van der Waals surface area contributed by atoms with E-state index in [-0.39, 0.29) is 35.6 Å². The summed E-state index contributed by atoms with van der Waals surface area (Å²) in [7, 11) is 1.80. The minimum Gasteiger partial charge on any atom is -0.315 e. The fourth-order valence-corrected chi connectivity index (χ4v) is 3.61. The molecular formula is C20H25ClN6O2. The summed E-state index contributed by atoms with van der Waals surface area (Å²) in [5.41, 5.74) is 1.73. The molecule has 9 heteroatoms. The molecule has 2 aromatic heterocycles. The summed E-state index contributed by atoms with van der Waals surface area (Å²) in [6, 6.07) is 11.3. The van der Waals surface area contributed by atoms with Crippen LogP contribution in [0.5, 0.6) is 0 Å². The van der Waals surface area contributed by atoms with Gasteiger partial charge >= 0.3 is 0 Å². The molecule has 0 spiro atoms. The van der Waals surface area contributed by atoms with Crippen molar-refractivity contribution in [2.24, 2.45) is 7.05 Å². The Bertz CT molecular complexity index is 1050. The van der Waals surface area contributed by atoms with E-state index < -0.39 is 0 Å². The number of benzene rings is 1. The van der Waals surface area contributed by atoms with Gasteiger partial charge in [0.1, 0.15) is 5.69 Å². The highest BCUT2D eigenvalue weighted by atomic mass is 35.5. The van der Waals surface area contributed by atoms with Crippen molar-refractivity contribution in [3.8, 4) is 5.69 Å². The van der Waals surface area contributed by atoms with Crippen LogP contribution in [-0.4, -0.2) is 38.1 Å². The van der Waals surface area contributed by atoms with E-state index >= 15 is 0 Å². The summed E-state index contributed by atoms with van der Waals surface area (Å²) >= 11 is 0. The molecule has 0 saturated carbocycles. The van der Waals surface area contributed by atoms with E-state index in [1.165, 1.54) is 4.68 Å². The largest absolute Gasteiger partial charge is 0.315 e. The van der Waals surface area contributed by atoms with E-state index in [1.807, 2.05) is 48.1 Å². The number of aromatic nitrogens is 4. The lowest BCUT2D eigenvalue weighted by Crippen LogP contribution is -2.32. The fourth-order valence-electron chi connectivity index (χ4n) is 3.61. The second-order valence-electron chi connectivity index (χ2n) is 7.07. The standard InChI is InChI=1S/C20H24N6O2.ClH/c1-14-18(20(28)26(24(14)2)15-7-4-3-5-8-15)22-19(27)17-10-12-25(23-17)16-9-6-11-21-13-16;/h3-5,7-8,10,12,16,21H,6,9,11,13H2,1-2H3,(H,22,27);1H. The van der Waals surface area contributed by atoms with Gasteiger partial charge in [0.15, 0.2) is 5.69 Å². The molecular weight excluding hydrogens is 392 g/mol. The smallest absolute Gasteiger partial charge is 0.295 e. The summed E-state index contributed by atoms with van der Waals surface area (Å²) < 4.78 is 5.11. The van der Waals surface area contributed by atoms with E-state index in [4.69, 9.17) is 0 Å². The second kappa shape index (κ2) is 8.67. The minimum absolute atomic E-state index is 0. The van der Waals surface area contributed by atoms with Crippen LogP contribution in [0.3, 0.4) is 0 Å². The van der Waals surface area contributed by atoms with Crippen LogP contribution in [0, 0.1) is 6.92 Å². The SMILES string of the molecule is Cc1c(NC(=O)c2ccn(C3CCCNC3)n2)c(=O)n(-c2ccccc2)n1C.Cl. The molecule has 1 amide bonds. The predicted octanol–water partition coefficient (Wildman–Crippen LogP) is 2.28. The number of anilines is 1. The Labute approximate surface area is 174 Å². The zero-order chi connectivity index (χ0) is 19.7. The van der Waals surface area contributed by atoms with Crippen molar-refractivity contribution in [3.05, 3.63) is 64.3 Å². The summed E-state index contributed by atoms with van der Waals surface area (Å²) in [6.07, 6.45) is 3.95. The Morgan fingerprint density at radius 3 is 2.69 bits per heavy atom. The third-order valence-electron chi connectivity index (χ3n) is 5.28. The molecule has 154 valence electrons. The maximum absolute atomic E-state index is 12.9. The molecule has 1 atom stereocenters. The molecule has 1 saturated heterocycles. The van der Waals surface area contributed by atoms with Crippen LogP contribution in [-0.2, 0) is 7.05 Å². The molecule has 1 unspecified atom stereocenters. The highest BCUT2D eigenvalue weighted by molar-refractivity contribution is 6.03. The molecule has 3 aromatic rings. The van der Waals surface area contributed by atoms with Gasteiger partial charge < -0.3 is 10.6 Å². The topological polar surface area (TPSA) is 85.9 Å². The van der Waals surface area contributed by atoms with E-state index in [0.29, 0.717) is 11.4 Å². The van der Waals surface area contributed by atoms with Crippen LogP contribution in [0.1, 0.15) is 35.1 Å². The monoisotopic (exact) mass is 416 g/mol. The maximum atomic E-state index is 12.9. The number of amides is 1. The molecule has 2 N–H and O–H groups in total. The molecule has 3 heterocycles.